The van der Waals surface area contributed by atoms with Crippen LogP contribution in [0.25, 0.3) is 22.6 Å². The summed E-state index contributed by atoms with van der Waals surface area (Å²) in [5.74, 6) is 0.630. The Hall–Kier alpha value is -3.51. The van der Waals surface area contributed by atoms with Crippen molar-refractivity contribution >= 4 is 22.6 Å². The molecule has 0 atom stereocenters. The van der Waals surface area contributed by atoms with Crippen molar-refractivity contribution in [1.29, 1.82) is 5.26 Å². The molecule has 0 fully saturated rings. The molecular weight excluding hydrogens is 404 g/mol. The van der Waals surface area contributed by atoms with Crippen molar-refractivity contribution < 1.29 is 17.9 Å². The van der Waals surface area contributed by atoms with Crippen LogP contribution in [0.3, 0.4) is 0 Å². The van der Waals surface area contributed by atoms with Gasteiger partial charge in [0.05, 0.1) is 10.6 Å². The molecule has 4 aromatic rings. The number of aromatic nitrogens is 4. The second kappa shape index (κ2) is 7.85. The zero-order chi connectivity index (χ0) is 20.4. The lowest BCUT2D eigenvalue weighted by Gasteiger charge is -2.09. The van der Waals surface area contributed by atoms with Crippen molar-refractivity contribution in [3.05, 3.63) is 58.1 Å². The van der Waals surface area contributed by atoms with Gasteiger partial charge in [-0.05, 0) is 47.4 Å². The number of furan rings is 1. The molecule has 0 aliphatic heterocycles. The molecule has 0 spiro atoms. The molecule has 29 heavy (non-hydrogen) atoms. The Morgan fingerprint density at radius 2 is 2.07 bits per heavy atom. The number of benzene rings is 2. The maximum atomic E-state index is 12.4. The Morgan fingerprint density at radius 1 is 1.21 bits per heavy atom. The van der Waals surface area contributed by atoms with Crippen LogP contribution in [-0.4, -0.2) is 27.2 Å². The molecule has 1 N–H and O–H groups in total. The van der Waals surface area contributed by atoms with Gasteiger partial charge in [0.25, 0.3) is 0 Å². The topological polar surface area (TPSA) is 101 Å². The van der Waals surface area contributed by atoms with Crippen molar-refractivity contribution in [2.45, 2.75) is 19.5 Å². The van der Waals surface area contributed by atoms with E-state index in [4.69, 9.17) is 21.3 Å². The van der Waals surface area contributed by atoms with Crippen molar-refractivity contribution in [3.8, 4) is 23.4 Å². The first kappa shape index (κ1) is 18.8. The number of aryl methyl sites for hydroxylation is 2. The van der Waals surface area contributed by atoms with Crippen LogP contribution >= 0.6 is 11.6 Å². The Morgan fingerprint density at radius 3 is 2.79 bits per heavy atom. The standard InChI is InChI=1S/C19H12ClF2N5O2/c20-16-11(3-1-10-2-6-14(29-19(21)22)13(7-10)9-23)4-5-12-8-15(28-17(12)16)18-24-26-27-25-18/h2,4-8,19H,1,3H2,(H,24,25,26,27). The van der Waals surface area contributed by atoms with Crippen LogP contribution in [0.1, 0.15) is 16.7 Å². The summed E-state index contributed by atoms with van der Waals surface area (Å²) in [6, 6.07) is 12.0. The van der Waals surface area contributed by atoms with E-state index < -0.39 is 6.61 Å². The van der Waals surface area contributed by atoms with Crippen molar-refractivity contribution in [1.82, 2.24) is 20.6 Å². The highest BCUT2D eigenvalue weighted by molar-refractivity contribution is 6.35. The maximum absolute atomic E-state index is 12.4. The van der Waals surface area contributed by atoms with Gasteiger partial charge in [-0.3, -0.25) is 0 Å². The van der Waals surface area contributed by atoms with E-state index in [2.05, 4.69) is 25.4 Å². The van der Waals surface area contributed by atoms with Gasteiger partial charge in [0.2, 0.25) is 5.82 Å². The van der Waals surface area contributed by atoms with Crippen LogP contribution in [0.2, 0.25) is 5.02 Å². The Kier molecular flexibility index (Phi) is 5.10. The number of rotatable bonds is 6. The van der Waals surface area contributed by atoms with Crippen molar-refractivity contribution in [2.24, 2.45) is 0 Å². The number of hydrogen-bond acceptors (Lipinski definition) is 6. The number of nitriles is 1. The predicted octanol–water partition coefficient (Wildman–Crippen LogP) is 4.52. The zero-order valence-electron chi connectivity index (χ0n) is 14.7. The molecule has 0 radical (unpaired) electrons. The number of nitrogens with zero attached hydrogens (tertiary/aromatic N) is 4. The first-order valence-electron chi connectivity index (χ1n) is 8.47. The minimum Gasteiger partial charge on any atom is -0.451 e. The molecular formula is C19H12ClF2N5O2. The highest BCUT2D eigenvalue weighted by atomic mass is 35.5. The van der Waals surface area contributed by atoms with Gasteiger partial charge < -0.3 is 9.15 Å². The first-order valence-corrected chi connectivity index (χ1v) is 8.85. The lowest BCUT2D eigenvalue weighted by molar-refractivity contribution is -0.0500. The largest absolute Gasteiger partial charge is 0.451 e. The third-order valence-corrected chi connectivity index (χ3v) is 4.75. The number of halogens is 3. The van der Waals surface area contributed by atoms with Crippen LogP contribution in [0, 0.1) is 11.3 Å². The van der Waals surface area contributed by atoms with Gasteiger partial charge in [0, 0.05) is 5.39 Å². The monoisotopic (exact) mass is 415 g/mol. The lowest BCUT2D eigenvalue weighted by atomic mass is 10.0. The summed E-state index contributed by atoms with van der Waals surface area (Å²) in [6.45, 7) is -2.98. The van der Waals surface area contributed by atoms with Gasteiger partial charge >= 0.3 is 6.61 Å². The van der Waals surface area contributed by atoms with E-state index in [1.165, 1.54) is 12.1 Å². The molecule has 2 aromatic carbocycles. The second-order valence-electron chi connectivity index (χ2n) is 6.12. The van der Waals surface area contributed by atoms with Crippen LogP contribution in [0.5, 0.6) is 5.75 Å². The summed E-state index contributed by atoms with van der Waals surface area (Å²) < 4.78 is 34.9. The van der Waals surface area contributed by atoms with E-state index in [1.54, 1.807) is 12.1 Å². The van der Waals surface area contributed by atoms with Crippen molar-refractivity contribution in [2.75, 3.05) is 0 Å². The summed E-state index contributed by atoms with van der Waals surface area (Å²) >= 11 is 6.51. The number of ether oxygens (including phenoxy) is 1. The third-order valence-electron chi connectivity index (χ3n) is 4.34. The molecule has 0 bridgehead atoms. The summed E-state index contributed by atoms with van der Waals surface area (Å²) in [5, 5.41) is 24.1. The molecule has 2 aromatic heterocycles. The molecule has 146 valence electrons. The van der Waals surface area contributed by atoms with Gasteiger partial charge in [-0.15, -0.1) is 10.2 Å². The minimum atomic E-state index is -2.98. The second-order valence-corrected chi connectivity index (χ2v) is 6.50. The first-order chi connectivity index (χ1) is 14.0. The van der Waals surface area contributed by atoms with Gasteiger partial charge in [-0.1, -0.05) is 29.8 Å². The van der Waals surface area contributed by atoms with Crippen LogP contribution in [0.4, 0.5) is 8.78 Å². The van der Waals surface area contributed by atoms with E-state index in [0.717, 1.165) is 16.5 Å². The van der Waals surface area contributed by atoms with Gasteiger partial charge in [-0.2, -0.15) is 19.3 Å². The normalized spacial score (nSPS) is 11.1. The average Bonchev–Trinajstić information content (AvgIpc) is 3.38. The molecule has 0 saturated heterocycles. The average molecular weight is 416 g/mol. The lowest BCUT2D eigenvalue weighted by Crippen LogP contribution is -2.04. The number of H-pyrrole nitrogens is 1. The molecule has 0 amide bonds. The molecule has 0 aliphatic carbocycles. The Bertz CT molecular complexity index is 1200. The quantitative estimate of drug-likeness (QED) is 0.496. The maximum Gasteiger partial charge on any atom is 0.387 e. The molecule has 7 nitrogen and oxygen atoms in total. The summed E-state index contributed by atoms with van der Waals surface area (Å²) in [7, 11) is 0. The number of tetrazole rings is 1. The van der Waals surface area contributed by atoms with Crippen LogP contribution < -0.4 is 4.74 Å². The van der Waals surface area contributed by atoms with Gasteiger partial charge in [-0.25, -0.2) is 0 Å². The number of hydrogen-bond donors (Lipinski definition) is 1. The molecule has 0 aliphatic rings. The number of aromatic amines is 1. The third kappa shape index (κ3) is 3.88. The number of alkyl halides is 2. The molecule has 0 saturated carbocycles. The SMILES string of the molecule is N#Cc1cc(CCc2ccc3cc(-c4nn[nH]n4)oc3c2Cl)ccc1OC(F)F. The van der Waals surface area contributed by atoms with E-state index >= 15 is 0 Å². The summed E-state index contributed by atoms with van der Waals surface area (Å²) in [5.41, 5.74) is 2.22. The van der Waals surface area contributed by atoms with Crippen LogP contribution in [0.15, 0.2) is 40.8 Å². The molecule has 2 heterocycles. The van der Waals surface area contributed by atoms with Gasteiger partial charge in [0.1, 0.15) is 11.8 Å². The Labute approximate surface area is 167 Å². The van der Waals surface area contributed by atoms with Crippen LogP contribution in [-0.2, 0) is 12.8 Å². The van der Waals surface area contributed by atoms with E-state index in [9.17, 15) is 8.78 Å². The van der Waals surface area contributed by atoms with E-state index in [0.29, 0.717) is 35.0 Å². The summed E-state index contributed by atoms with van der Waals surface area (Å²) in [6.07, 6.45) is 1.11. The zero-order valence-corrected chi connectivity index (χ0v) is 15.5. The Balaban J connectivity index is 1.55. The van der Waals surface area contributed by atoms with Gasteiger partial charge in [0.15, 0.2) is 11.3 Å². The molecule has 4 rings (SSSR count). The minimum absolute atomic E-state index is 0.0557. The fourth-order valence-corrected chi connectivity index (χ4v) is 3.28. The van der Waals surface area contributed by atoms with Crippen molar-refractivity contribution in [3.63, 3.8) is 0 Å². The molecule has 10 heteroatoms. The smallest absolute Gasteiger partial charge is 0.387 e. The number of fused-ring (bicyclic) bond motifs is 1. The highest BCUT2D eigenvalue weighted by Crippen LogP contribution is 2.33. The molecule has 0 unspecified atom stereocenters. The highest BCUT2D eigenvalue weighted by Gasteiger charge is 2.15. The summed E-state index contributed by atoms with van der Waals surface area (Å²) in [4.78, 5) is 0. The fraction of sp³-hybridized carbons (Fsp3) is 0.158. The number of nitrogens with one attached hydrogen (secondary N) is 1. The fourth-order valence-electron chi connectivity index (χ4n) is 2.98. The van der Waals surface area contributed by atoms with E-state index in [1.807, 2.05) is 18.2 Å². The van der Waals surface area contributed by atoms with E-state index in [-0.39, 0.29) is 11.3 Å². The predicted molar refractivity (Wildman–Crippen MR) is 99.6 cm³/mol.